The van der Waals surface area contributed by atoms with Crippen LogP contribution in [0.15, 0.2) is 0 Å². The number of amides is 1. The Morgan fingerprint density at radius 1 is 1.26 bits per heavy atom. The Balaban J connectivity index is 4.68. The van der Waals surface area contributed by atoms with E-state index in [1.165, 1.54) is 7.11 Å². The second-order valence-electron chi connectivity index (χ2n) is 5.85. The van der Waals surface area contributed by atoms with Gasteiger partial charge in [-0.3, -0.25) is 0 Å². The number of alkyl carbamates (subject to hydrolysis) is 1. The van der Waals surface area contributed by atoms with Gasteiger partial charge in [-0.1, -0.05) is 13.8 Å². The smallest absolute Gasteiger partial charge is 0.407 e. The van der Waals surface area contributed by atoms with Crippen LogP contribution in [0.25, 0.3) is 0 Å². The van der Waals surface area contributed by atoms with Gasteiger partial charge in [-0.25, -0.2) is 9.59 Å². The van der Waals surface area contributed by atoms with Crippen molar-refractivity contribution in [3.8, 4) is 0 Å². The van der Waals surface area contributed by atoms with E-state index in [1.807, 2.05) is 13.8 Å². The third-order valence-electron chi connectivity index (χ3n) is 2.25. The van der Waals surface area contributed by atoms with Crippen molar-refractivity contribution in [3.63, 3.8) is 0 Å². The molecule has 0 saturated carbocycles. The Morgan fingerprint density at radius 3 is 2.16 bits per heavy atom. The molecule has 0 heterocycles. The molecule has 0 aromatic heterocycles. The quantitative estimate of drug-likeness (QED) is 0.742. The molecule has 0 rings (SSSR count). The summed E-state index contributed by atoms with van der Waals surface area (Å²) in [5, 5.41) is 12.3. The van der Waals surface area contributed by atoms with Crippen molar-refractivity contribution in [2.75, 3.05) is 7.11 Å². The first kappa shape index (κ1) is 17.7. The molecule has 0 aliphatic rings. The Morgan fingerprint density at radius 2 is 1.79 bits per heavy atom. The van der Waals surface area contributed by atoms with Crippen LogP contribution in [0.5, 0.6) is 0 Å². The van der Waals surface area contributed by atoms with E-state index in [2.05, 4.69) is 10.1 Å². The largest absolute Gasteiger partial charge is 0.467 e. The van der Waals surface area contributed by atoms with Crippen molar-refractivity contribution in [2.45, 2.75) is 58.8 Å². The van der Waals surface area contributed by atoms with E-state index in [4.69, 9.17) is 4.74 Å². The van der Waals surface area contributed by atoms with Gasteiger partial charge in [-0.15, -0.1) is 0 Å². The first-order valence-corrected chi connectivity index (χ1v) is 6.32. The highest BCUT2D eigenvalue weighted by molar-refractivity contribution is 5.76. The number of ether oxygens (including phenoxy) is 2. The number of esters is 1. The molecule has 0 bridgehead atoms. The van der Waals surface area contributed by atoms with Gasteiger partial charge >= 0.3 is 12.1 Å². The lowest BCUT2D eigenvalue weighted by molar-refractivity contribution is -0.152. The summed E-state index contributed by atoms with van der Waals surface area (Å²) in [6, 6.07) is -0.734. The van der Waals surface area contributed by atoms with Gasteiger partial charge < -0.3 is 19.9 Å². The van der Waals surface area contributed by atoms with Gasteiger partial charge in [0.15, 0.2) is 6.10 Å². The van der Waals surface area contributed by atoms with Gasteiger partial charge in [-0.05, 0) is 33.1 Å². The molecule has 112 valence electrons. The van der Waals surface area contributed by atoms with Crippen molar-refractivity contribution in [1.82, 2.24) is 5.32 Å². The van der Waals surface area contributed by atoms with Crippen molar-refractivity contribution in [2.24, 2.45) is 5.92 Å². The summed E-state index contributed by atoms with van der Waals surface area (Å²) in [5.41, 5.74) is -0.636. The van der Waals surface area contributed by atoms with Crippen LogP contribution >= 0.6 is 0 Å². The number of carbonyl (C=O) groups excluding carboxylic acids is 2. The highest BCUT2D eigenvalue weighted by Crippen LogP contribution is 2.12. The molecule has 6 nitrogen and oxygen atoms in total. The fourth-order valence-corrected chi connectivity index (χ4v) is 1.52. The number of methoxy groups -OCH3 is 1. The fraction of sp³-hybridized carbons (Fsp3) is 0.846. The van der Waals surface area contributed by atoms with Crippen molar-refractivity contribution in [3.05, 3.63) is 0 Å². The predicted octanol–water partition coefficient (Wildman–Crippen LogP) is 1.46. The zero-order chi connectivity index (χ0) is 15.2. The summed E-state index contributed by atoms with van der Waals surface area (Å²) < 4.78 is 9.58. The van der Waals surface area contributed by atoms with Crippen LogP contribution in [0.1, 0.15) is 41.0 Å². The van der Waals surface area contributed by atoms with Crippen LogP contribution in [-0.4, -0.2) is 42.0 Å². The normalized spacial score (nSPS) is 14.7. The van der Waals surface area contributed by atoms with Gasteiger partial charge in [-0.2, -0.15) is 0 Å². The maximum absolute atomic E-state index is 11.7. The molecule has 0 saturated heterocycles. The molecular weight excluding hydrogens is 250 g/mol. The minimum atomic E-state index is -1.40. The molecule has 2 unspecified atom stereocenters. The number of hydrogen-bond acceptors (Lipinski definition) is 5. The topological polar surface area (TPSA) is 84.9 Å². The average molecular weight is 275 g/mol. The van der Waals surface area contributed by atoms with E-state index in [9.17, 15) is 14.7 Å². The van der Waals surface area contributed by atoms with Gasteiger partial charge in [0.2, 0.25) is 0 Å². The molecule has 0 spiro atoms. The first-order chi connectivity index (χ1) is 8.56. The van der Waals surface area contributed by atoms with E-state index in [0.717, 1.165) is 0 Å². The minimum Gasteiger partial charge on any atom is -0.467 e. The SMILES string of the molecule is COC(=O)C(O)C(CC(C)C)NC(=O)OC(C)(C)C. The van der Waals surface area contributed by atoms with Crippen molar-refractivity contribution < 1.29 is 24.2 Å². The standard InChI is InChI=1S/C13H25NO5/c1-8(2)7-9(10(15)11(16)18-6)14-12(17)19-13(3,4)5/h8-10,15H,7H2,1-6H3,(H,14,17). The molecule has 19 heavy (non-hydrogen) atoms. The summed E-state index contributed by atoms with van der Waals surface area (Å²) in [4.78, 5) is 23.0. The van der Waals surface area contributed by atoms with Crippen molar-refractivity contribution >= 4 is 12.1 Å². The number of carbonyl (C=O) groups is 2. The predicted molar refractivity (Wildman–Crippen MR) is 70.6 cm³/mol. The third kappa shape index (κ3) is 7.66. The number of nitrogens with one attached hydrogen (secondary N) is 1. The second kappa shape index (κ2) is 7.33. The van der Waals surface area contributed by atoms with E-state index in [-0.39, 0.29) is 5.92 Å². The molecule has 0 aliphatic carbocycles. The van der Waals surface area contributed by atoms with E-state index >= 15 is 0 Å². The van der Waals surface area contributed by atoms with Gasteiger partial charge in [0.25, 0.3) is 0 Å². The highest BCUT2D eigenvalue weighted by Gasteiger charge is 2.30. The third-order valence-corrected chi connectivity index (χ3v) is 2.25. The summed E-state index contributed by atoms with van der Waals surface area (Å²) in [5.74, 6) is -0.582. The zero-order valence-electron chi connectivity index (χ0n) is 12.5. The number of aliphatic hydroxyl groups is 1. The lowest BCUT2D eigenvalue weighted by atomic mass is 9.99. The summed E-state index contributed by atoms with van der Waals surface area (Å²) in [7, 11) is 1.19. The summed E-state index contributed by atoms with van der Waals surface area (Å²) in [6.45, 7) is 9.06. The van der Waals surface area contributed by atoms with Crippen molar-refractivity contribution in [1.29, 1.82) is 0 Å². The second-order valence-corrected chi connectivity index (χ2v) is 5.85. The maximum Gasteiger partial charge on any atom is 0.407 e. The van der Waals surface area contributed by atoms with E-state index in [0.29, 0.717) is 6.42 Å². The molecule has 0 aliphatic heterocycles. The Bertz CT molecular complexity index is 309. The Labute approximate surface area is 114 Å². The number of rotatable bonds is 5. The highest BCUT2D eigenvalue weighted by atomic mass is 16.6. The van der Waals surface area contributed by atoms with Gasteiger partial charge in [0.05, 0.1) is 13.2 Å². The fourth-order valence-electron chi connectivity index (χ4n) is 1.52. The zero-order valence-corrected chi connectivity index (χ0v) is 12.5. The summed E-state index contributed by atoms with van der Waals surface area (Å²) in [6.07, 6.45) is -1.63. The summed E-state index contributed by atoms with van der Waals surface area (Å²) >= 11 is 0. The minimum absolute atomic E-state index is 0.194. The monoisotopic (exact) mass is 275 g/mol. The van der Waals surface area contributed by atoms with Crippen LogP contribution < -0.4 is 5.32 Å². The molecule has 0 aromatic rings. The molecule has 2 atom stereocenters. The molecule has 0 fully saturated rings. The molecule has 0 aromatic carbocycles. The number of hydrogen-bond donors (Lipinski definition) is 2. The Kier molecular flexibility index (Phi) is 6.83. The molecular formula is C13H25NO5. The molecule has 0 radical (unpaired) electrons. The average Bonchev–Trinajstić information content (AvgIpc) is 2.22. The Hall–Kier alpha value is -1.30. The van der Waals surface area contributed by atoms with Crippen LogP contribution in [-0.2, 0) is 14.3 Å². The van der Waals surface area contributed by atoms with Gasteiger partial charge in [0, 0.05) is 0 Å². The van der Waals surface area contributed by atoms with Crippen LogP contribution in [0.2, 0.25) is 0 Å². The van der Waals surface area contributed by atoms with Crippen LogP contribution in [0.3, 0.4) is 0 Å². The van der Waals surface area contributed by atoms with E-state index in [1.54, 1.807) is 20.8 Å². The van der Waals surface area contributed by atoms with E-state index < -0.39 is 29.8 Å². The molecule has 6 heteroatoms. The lowest BCUT2D eigenvalue weighted by Gasteiger charge is -2.26. The lowest BCUT2D eigenvalue weighted by Crippen LogP contribution is -2.49. The maximum atomic E-state index is 11.7. The first-order valence-electron chi connectivity index (χ1n) is 6.32. The number of aliphatic hydroxyl groups excluding tert-OH is 1. The molecule has 1 amide bonds. The van der Waals surface area contributed by atoms with Gasteiger partial charge in [0.1, 0.15) is 5.60 Å². The molecule has 2 N–H and O–H groups in total. The van der Waals surface area contributed by atoms with Crippen LogP contribution in [0.4, 0.5) is 4.79 Å². The van der Waals surface area contributed by atoms with Crippen LogP contribution in [0, 0.1) is 5.92 Å².